The average molecular weight is 238 g/mol. The van der Waals surface area contributed by atoms with Crippen LogP contribution in [0.4, 0.5) is 5.69 Å². The van der Waals surface area contributed by atoms with Crippen LogP contribution in [0.1, 0.15) is 16.7 Å². The Balaban J connectivity index is 2.35. The molecule has 90 valence electrons. The van der Waals surface area contributed by atoms with Gasteiger partial charge in [0.2, 0.25) is 0 Å². The summed E-state index contributed by atoms with van der Waals surface area (Å²) in [6, 6.07) is 12.9. The maximum absolute atomic E-state index is 8.78. The highest BCUT2D eigenvalue weighted by Gasteiger charge is 2.06. The molecule has 0 heterocycles. The molecule has 2 aromatic rings. The molecule has 0 aliphatic rings. The Bertz CT molecular complexity index is 627. The lowest BCUT2D eigenvalue weighted by Crippen LogP contribution is -1.95. The van der Waals surface area contributed by atoms with E-state index in [4.69, 9.17) is 15.7 Å². The van der Waals surface area contributed by atoms with Crippen LogP contribution in [-0.4, -0.2) is 0 Å². The third kappa shape index (κ3) is 2.28. The summed E-state index contributed by atoms with van der Waals surface area (Å²) in [5, 5.41) is 8.78. The van der Waals surface area contributed by atoms with Crippen molar-refractivity contribution in [2.75, 3.05) is 5.73 Å². The molecule has 3 nitrogen and oxygen atoms in total. The number of anilines is 1. The van der Waals surface area contributed by atoms with Crippen molar-refractivity contribution < 1.29 is 4.74 Å². The molecule has 2 rings (SSSR count). The first-order valence-electron chi connectivity index (χ1n) is 5.65. The van der Waals surface area contributed by atoms with Gasteiger partial charge in [-0.2, -0.15) is 5.26 Å². The van der Waals surface area contributed by atoms with Gasteiger partial charge in [0.25, 0.3) is 0 Å². The van der Waals surface area contributed by atoms with E-state index >= 15 is 0 Å². The lowest BCUT2D eigenvalue weighted by molar-refractivity contribution is 0.480. The molecular weight excluding hydrogens is 224 g/mol. The Morgan fingerprint density at radius 1 is 1.11 bits per heavy atom. The Morgan fingerprint density at radius 3 is 2.56 bits per heavy atom. The summed E-state index contributed by atoms with van der Waals surface area (Å²) < 4.78 is 5.79. The van der Waals surface area contributed by atoms with E-state index < -0.39 is 0 Å². The van der Waals surface area contributed by atoms with E-state index in [9.17, 15) is 0 Å². The van der Waals surface area contributed by atoms with Gasteiger partial charge in [-0.05, 0) is 49.2 Å². The van der Waals surface area contributed by atoms with Crippen LogP contribution >= 0.6 is 0 Å². The van der Waals surface area contributed by atoms with Crippen molar-refractivity contribution in [2.24, 2.45) is 0 Å². The van der Waals surface area contributed by atoms with Crippen molar-refractivity contribution in [2.45, 2.75) is 13.8 Å². The fourth-order valence-corrected chi connectivity index (χ4v) is 1.66. The van der Waals surface area contributed by atoms with E-state index in [1.54, 1.807) is 18.2 Å². The van der Waals surface area contributed by atoms with Crippen molar-refractivity contribution in [3.05, 3.63) is 53.1 Å². The molecule has 0 radical (unpaired) electrons. The van der Waals surface area contributed by atoms with E-state index in [1.807, 2.05) is 38.1 Å². The molecule has 18 heavy (non-hydrogen) atoms. The molecule has 2 N–H and O–H groups in total. The quantitative estimate of drug-likeness (QED) is 0.814. The Labute approximate surface area is 106 Å². The maximum Gasteiger partial charge on any atom is 0.150 e. The van der Waals surface area contributed by atoms with Gasteiger partial charge in [-0.15, -0.1) is 0 Å². The van der Waals surface area contributed by atoms with Gasteiger partial charge in [0, 0.05) is 0 Å². The largest absolute Gasteiger partial charge is 0.455 e. The summed E-state index contributed by atoms with van der Waals surface area (Å²) >= 11 is 0. The second kappa shape index (κ2) is 4.80. The van der Waals surface area contributed by atoms with Crippen LogP contribution in [0.15, 0.2) is 36.4 Å². The van der Waals surface area contributed by atoms with Crippen LogP contribution in [0, 0.1) is 25.2 Å². The van der Waals surface area contributed by atoms with Crippen LogP contribution in [0.3, 0.4) is 0 Å². The van der Waals surface area contributed by atoms with Gasteiger partial charge in [0.1, 0.15) is 11.5 Å². The molecule has 0 fully saturated rings. The van der Waals surface area contributed by atoms with Crippen molar-refractivity contribution >= 4 is 5.69 Å². The summed E-state index contributed by atoms with van der Waals surface area (Å²) in [6.07, 6.45) is 0. The third-order valence-electron chi connectivity index (χ3n) is 2.91. The second-order valence-electron chi connectivity index (χ2n) is 4.16. The van der Waals surface area contributed by atoms with Crippen LogP contribution in [0.25, 0.3) is 0 Å². The second-order valence-corrected chi connectivity index (χ2v) is 4.16. The summed E-state index contributed by atoms with van der Waals surface area (Å²) in [5.74, 6) is 1.36. The number of aryl methyl sites for hydroxylation is 1. The van der Waals surface area contributed by atoms with Gasteiger partial charge in [-0.3, -0.25) is 0 Å². The Kier molecular flexibility index (Phi) is 3.20. The summed E-state index contributed by atoms with van der Waals surface area (Å²) in [7, 11) is 0. The molecule has 2 aromatic carbocycles. The molecule has 0 amide bonds. The van der Waals surface area contributed by atoms with E-state index in [0.717, 1.165) is 11.3 Å². The van der Waals surface area contributed by atoms with E-state index in [2.05, 4.69) is 0 Å². The van der Waals surface area contributed by atoms with E-state index in [0.29, 0.717) is 17.0 Å². The highest BCUT2D eigenvalue weighted by atomic mass is 16.5. The molecule has 0 unspecified atom stereocenters. The predicted molar refractivity (Wildman–Crippen MR) is 71.6 cm³/mol. The van der Waals surface area contributed by atoms with Crippen LogP contribution in [0.5, 0.6) is 11.5 Å². The fourth-order valence-electron chi connectivity index (χ4n) is 1.66. The number of hydrogen-bond donors (Lipinski definition) is 1. The van der Waals surface area contributed by atoms with Gasteiger partial charge in [0.15, 0.2) is 0 Å². The van der Waals surface area contributed by atoms with Crippen LogP contribution in [0.2, 0.25) is 0 Å². The standard InChI is InChI=1S/C15H14N2O/c1-10-4-3-5-14(11(10)2)18-15-7-6-12(9-16)8-13(15)17/h3-8H,17H2,1-2H3. The average Bonchev–Trinajstić information content (AvgIpc) is 2.37. The summed E-state index contributed by atoms with van der Waals surface area (Å²) in [4.78, 5) is 0. The number of rotatable bonds is 2. The molecule has 0 bridgehead atoms. The number of nitrogens with zero attached hydrogens (tertiary/aromatic N) is 1. The van der Waals surface area contributed by atoms with E-state index in [1.165, 1.54) is 5.56 Å². The SMILES string of the molecule is Cc1cccc(Oc2ccc(C#N)cc2N)c1C. The minimum atomic E-state index is 0.468. The Morgan fingerprint density at radius 2 is 1.89 bits per heavy atom. The molecular formula is C15H14N2O. The highest BCUT2D eigenvalue weighted by Crippen LogP contribution is 2.31. The molecule has 0 atom stereocenters. The molecule has 3 heteroatoms. The summed E-state index contributed by atoms with van der Waals surface area (Å²) in [6.45, 7) is 4.04. The molecule has 0 saturated carbocycles. The minimum absolute atomic E-state index is 0.468. The normalized spacial score (nSPS) is 9.83. The van der Waals surface area contributed by atoms with Gasteiger partial charge < -0.3 is 10.5 Å². The first-order chi connectivity index (χ1) is 8.61. The highest BCUT2D eigenvalue weighted by molar-refractivity contribution is 5.58. The van der Waals surface area contributed by atoms with Crippen molar-refractivity contribution in [1.82, 2.24) is 0 Å². The van der Waals surface area contributed by atoms with Gasteiger partial charge >= 0.3 is 0 Å². The fraction of sp³-hybridized carbons (Fsp3) is 0.133. The Hall–Kier alpha value is -2.47. The zero-order valence-electron chi connectivity index (χ0n) is 10.4. The van der Waals surface area contributed by atoms with Crippen molar-refractivity contribution in [3.8, 4) is 17.6 Å². The zero-order valence-corrected chi connectivity index (χ0v) is 10.4. The maximum atomic E-state index is 8.78. The number of nitriles is 1. The zero-order chi connectivity index (χ0) is 13.1. The van der Waals surface area contributed by atoms with Crippen molar-refractivity contribution in [3.63, 3.8) is 0 Å². The molecule has 0 aliphatic carbocycles. The first-order valence-corrected chi connectivity index (χ1v) is 5.65. The molecule has 0 aromatic heterocycles. The molecule has 0 saturated heterocycles. The number of hydrogen-bond acceptors (Lipinski definition) is 3. The number of ether oxygens (including phenoxy) is 1. The molecule has 0 aliphatic heterocycles. The summed E-state index contributed by atoms with van der Waals surface area (Å²) in [5.41, 5.74) is 9.10. The number of nitrogens with two attached hydrogens (primary N) is 1. The number of nitrogen functional groups attached to an aromatic ring is 1. The van der Waals surface area contributed by atoms with E-state index in [-0.39, 0.29) is 0 Å². The van der Waals surface area contributed by atoms with Crippen molar-refractivity contribution in [1.29, 1.82) is 5.26 Å². The topological polar surface area (TPSA) is 59.0 Å². The van der Waals surface area contributed by atoms with Gasteiger partial charge in [0.05, 0.1) is 17.3 Å². The number of benzene rings is 2. The smallest absolute Gasteiger partial charge is 0.150 e. The lowest BCUT2D eigenvalue weighted by Gasteiger charge is -2.12. The molecule has 0 spiro atoms. The lowest BCUT2D eigenvalue weighted by atomic mass is 10.1. The predicted octanol–water partition coefficient (Wildman–Crippen LogP) is 3.55. The van der Waals surface area contributed by atoms with Crippen LogP contribution in [-0.2, 0) is 0 Å². The third-order valence-corrected chi connectivity index (χ3v) is 2.91. The van der Waals surface area contributed by atoms with Gasteiger partial charge in [-0.25, -0.2) is 0 Å². The monoisotopic (exact) mass is 238 g/mol. The van der Waals surface area contributed by atoms with Gasteiger partial charge in [-0.1, -0.05) is 12.1 Å². The minimum Gasteiger partial charge on any atom is -0.455 e. The first kappa shape index (κ1) is 12.0. The van der Waals surface area contributed by atoms with Crippen LogP contribution < -0.4 is 10.5 Å².